The van der Waals surface area contributed by atoms with E-state index in [9.17, 15) is 18.0 Å². The van der Waals surface area contributed by atoms with E-state index in [0.717, 1.165) is 31.5 Å². The lowest BCUT2D eigenvalue weighted by Gasteiger charge is -2.28. The number of likely N-dealkylation sites (tertiary alicyclic amines) is 1. The third kappa shape index (κ3) is 3.72. The summed E-state index contributed by atoms with van der Waals surface area (Å²) in [6.07, 6.45) is -2.70. The minimum absolute atomic E-state index is 0.164. The SMILES string of the molecule is CN1CCC[C@H](C(=O)Nc2cccc(C(F)(F)F)c2)C1. The van der Waals surface area contributed by atoms with Gasteiger partial charge in [-0.05, 0) is 44.6 Å². The molecule has 0 spiro atoms. The first-order valence-corrected chi connectivity index (χ1v) is 6.53. The number of nitrogens with one attached hydrogen (secondary N) is 1. The predicted octanol–water partition coefficient (Wildman–Crippen LogP) is 2.99. The third-order valence-electron chi connectivity index (χ3n) is 3.45. The number of halogens is 3. The Hall–Kier alpha value is -1.56. The summed E-state index contributed by atoms with van der Waals surface area (Å²) in [4.78, 5) is 14.1. The first-order valence-electron chi connectivity index (χ1n) is 6.53. The number of carbonyl (C=O) groups excluding carboxylic acids is 1. The van der Waals surface area contributed by atoms with E-state index >= 15 is 0 Å². The van der Waals surface area contributed by atoms with E-state index in [1.807, 2.05) is 7.05 Å². The Bertz CT molecular complexity index is 488. The maximum atomic E-state index is 12.6. The molecule has 2 rings (SSSR count). The van der Waals surface area contributed by atoms with E-state index in [-0.39, 0.29) is 17.5 Å². The van der Waals surface area contributed by atoms with Crippen LogP contribution < -0.4 is 5.32 Å². The molecule has 0 radical (unpaired) electrons. The second-order valence-corrected chi connectivity index (χ2v) is 5.17. The lowest BCUT2D eigenvalue weighted by atomic mass is 9.97. The van der Waals surface area contributed by atoms with Crippen LogP contribution in [0.1, 0.15) is 18.4 Å². The van der Waals surface area contributed by atoms with Crippen LogP contribution in [0.5, 0.6) is 0 Å². The summed E-state index contributed by atoms with van der Waals surface area (Å²) in [5, 5.41) is 2.58. The highest BCUT2D eigenvalue weighted by atomic mass is 19.4. The third-order valence-corrected chi connectivity index (χ3v) is 3.45. The van der Waals surface area contributed by atoms with Gasteiger partial charge in [-0.15, -0.1) is 0 Å². The largest absolute Gasteiger partial charge is 0.416 e. The summed E-state index contributed by atoms with van der Waals surface area (Å²) in [6.45, 7) is 1.60. The summed E-state index contributed by atoms with van der Waals surface area (Å²) in [7, 11) is 1.93. The molecule has 0 bridgehead atoms. The molecule has 1 heterocycles. The summed E-state index contributed by atoms with van der Waals surface area (Å²) in [5.41, 5.74) is -0.561. The van der Waals surface area contributed by atoms with E-state index in [2.05, 4.69) is 10.2 Å². The maximum absolute atomic E-state index is 12.6. The van der Waals surface area contributed by atoms with Gasteiger partial charge < -0.3 is 10.2 Å². The molecule has 110 valence electrons. The lowest BCUT2D eigenvalue weighted by molar-refractivity contribution is -0.137. The van der Waals surface area contributed by atoms with Crippen LogP contribution in [-0.4, -0.2) is 30.9 Å². The Morgan fingerprint density at radius 2 is 2.15 bits per heavy atom. The molecule has 0 unspecified atom stereocenters. The van der Waals surface area contributed by atoms with Crippen LogP contribution in [0.3, 0.4) is 0 Å². The first-order chi connectivity index (χ1) is 9.36. The molecule has 3 nitrogen and oxygen atoms in total. The van der Waals surface area contributed by atoms with Gasteiger partial charge in [0, 0.05) is 12.2 Å². The first kappa shape index (κ1) is 14.8. The highest BCUT2D eigenvalue weighted by Crippen LogP contribution is 2.30. The van der Waals surface area contributed by atoms with Crippen molar-refractivity contribution < 1.29 is 18.0 Å². The van der Waals surface area contributed by atoms with E-state index in [0.29, 0.717) is 6.54 Å². The van der Waals surface area contributed by atoms with Crippen LogP contribution in [0.2, 0.25) is 0 Å². The Morgan fingerprint density at radius 3 is 2.80 bits per heavy atom. The predicted molar refractivity (Wildman–Crippen MR) is 70.3 cm³/mol. The number of hydrogen-bond acceptors (Lipinski definition) is 2. The zero-order chi connectivity index (χ0) is 14.8. The van der Waals surface area contributed by atoms with Crippen molar-refractivity contribution in [3.8, 4) is 0 Å². The average Bonchev–Trinajstić information content (AvgIpc) is 2.38. The minimum atomic E-state index is -4.40. The van der Waals surface area contributed by atoms with E-state index < -0.39 is 11.7 Å². The van der Waals surface area contributed by atoms with Gasteiger partial charge in [0.15, 0.2) is 0 Å². The number of anilines is 1. The molecule has 6 heteroatoms. The fourth-order valence-corrected chi connectivity index (χ4v) is 2.40. The molecular weight excluding hydrogens is 269 g/mol. The molecule has 1 aromatic carbocycles. The Kier molecular flexibility index (Phi) is 4.32. The van der Waals surface area contributed by atoms with Crippen LogP contribution in [0.25, 0.3) is 0 Å². The molecular formula is C14H17F3N2O. The average molecular weight is 286 g/mol. The molecule has 0 aromatic heterocycles. The zero-order valence-electron chi connectivity index (χ0n) is 11.2. The van der Waals surface area contributed by atoms with Crippen molar-refractivity contribution in [1.29, 1.82) is 0 Å². The van der Waals surface area contributed by atoms with Crippen molar-refractivity contribution in [3.63, 3.8) is 0 Å². The van der Waals surface area contributed by atoms with E-state index in [1.165, 1.54) is 12.1 Å². The monoisotopic (exact) mass is 286 g/mol. The number of hydrogen-bond donors (Lipinski definition) is 1. The smallest absolute Gasteiger partial charge is 0.326 e. The van der Waals surface area contributed by atoms with Crippen molar-refractivity contribution in [2.45, 2.75) is 19.0 Å². The molecule has 1 atom stereocenters. The highest BCUT2D eigenvalue weighted by Gasteiger charge is 2.31. The summed E-state index contributed by atoms with van der Waals surface area (Å²) < 4.78 is 37.8. The van der Waals surface area contributed by atoms with Gasteiger partial charge in [-0.1, -0.05) is 6.07 Å². The number of carbonyl (C=O) groups is 1. The van der Waals surface area contributed by atoms with Crippen molar-refractivity contribution >= 4 is 11.6 Å². The van der Waals surface area contributed by atoms with Crippen LogP contribution in [0.15, 0.2) is 24.3 Å². The topological polar surface area (TPSA) is 32.3 Å². The molecule has 1 aliphatic rings. The maximum Gasteiger partial charge on any atom is 0.416 e. The van der Waals surface area contributed by atoms with E-state index in [4.69, 9.17) is 0 Å². The number of benzene rings is 1. The van der Waals surface area contributed by atoms with Gasteiger partial charge in [-0.2, -0.15) is 13.2 Å². The van der Waals surface area contributed by atoms with Gasteiger partial charge in [0.1, 0.15) is 0 Å². The van der Waals surface area contributed by atoms with Crippen LogP contribution in [0, 0.1) is 5.92 Å². The number of rotatable bonds is 2. The quantitative estimate of drug-likeness (QED) is 0.906. The standard InChI is InChI=1S/C14H17F3N2O/c1-19-7-3-4-10(9-19)13(20)18-12-6-2-5-11(8-12)14(15,16)17/h2,5-6,8,10H,3-4,7,9H2,1H3,(H,18,20)/t10-/m0/s1. The van der Waals surface area contributed by atoms with Crippen molar-refractivity contribution in [2.75, 3.05) is 25.5 Å². The minimum Gasteiger partial charge on any atom is -0.326 e. The van der Waals surface area contributed by atoms with Gasteiger partial charge in [0.05, 0.1) is 11.5 Å². The molecule has 1 aliphatic heterocycles. The van der Waals surface area contributed by atoms with Crippen LogP contribution in [0.4, 0.5) is 18.9 Å². The van der Waals surface area contributed by atoms with Crippen molar-refractivity contribution in [2.24, 2.45) is 5.92 Å². The van der Waals surface area contributed by atoms with Crippen molar-refractivity contribution in [3.05, 3.63) is 29.8 Å². The molecule has 1 fully saturated rings. The molecule has 1 amide bonds. The van der Waals surface area contributed by atoms with Gasteiger partial charge >= 0.3 is 6.18 Å². The van der Waals surface area contributed by atoms with Crippen molar-refractivity contribution in [1.82, 2.24) is 4.90 Å². The number of amides is 1. The molecule has 1 saturated heterocycles. The van der Waals surface area contributed by atoms with E-state index in [1.54, 1.807) is 0 Å². The fraction of sp³-hybridized carbons (Fsp3) is 0.500. The summed E-state index contributed by atoms with van der Waals surface area (Å²) >= 11 is 0. The zero-order valence-corrected chi connectivity index (χ0v) is 11.2. The summed E-state index contributed by atoms with van der Waals surface area (Å²) in [5.74, 6) is -0.376. The number of piperidine rings is 1. The van der Waals surface area contributed by atoms with Gasteiger partial charge in [-0.25, -0.2) is 0 Å². The second-order valence-electron chi connectivity index (χ2n) is 5.17. The normalized spacial score (nSPS) is 20.7. The van der Waals surface area contributed by atoms with Gasteiger partial charge in [0.25, 0.3) is 0 Å². The van der Waals surface area contributed by atoms with Gasteiger partial charge in [-0.3, -0.25) is 4.79 Å². The Balaban J connectivity index is 2.04. The highest BCUT2D eigenvalue weighted by molar-refractivity contribution is 5.92. The number of alkyl halides is 3. The molecule has 1 aromatic rings. The molecule has 0 aliphatic carbocycles. The Labute approximate surface area is 115 Å². The second kappa shape index (κ2) is 5.83. The Morgan fingerprint density at radius 1 is 1.40 bits per heavy atom. The fourth-order valence-electron chi connectivity index (χ4n) is 2.40. The lowest BCUT2D eigenvalue weighted by Crippen LogP contribution is -2.38. The number of nitrogens with zero attached hydrogens (tertiary/aromatic N) is 1. The molecule has 20 heavy (non-hydrogen) atoms. The molecule has 0 saturated carbocycles. The van der Waals surface area contributed by atoms with Crippen LogP contribution >= 0.6 is 0 Å². The molecule has 1 N–H and O–H groups in total. The van der Waals surface area contributed by atoms with Gasteiger partial charge in [0.2, 0.25) is 5.91 Å². The summed E-state index contributed by atoms with van der Waals surface area (Å²) in [6, 6.07) is 4.72. The van der Waals surface area contributed by atoms with Crippen LogP contribution in [-0.2, 0) is 11.0 Å².